The topological polar surface area (TPSA) is 90.7 Å². The third-order valence-electron chi connectivity index (χ3n) is 6.84. The highest BCUT2D eigenvalue weighted by molar-refractivity contribution is 7.80. The van der Waals surface area contributed by atoms with Crippen LogP contribution in [0.5, 0.6) is 0 Å². The van der Waals surface area contributed by atoms with Gasteiger partial charge in [-0.1, -0.05) is 36.4 Å². The number of aryl methyl sites for hydroxylation is 2. The Balaban J connectivity index is 1.62. The van der Waals surface area contributed by atoms with E-state index in [1.165, 1.54) is 0 Å². The van der Waals surface area contributed by atoms with Crippen molar-refractivity contribution in [2.75, 3.05) is 23.7 Å². The number of hydrogen-bond acceptors (Lipinski definition) is 5. The van der Waals surface area contributed by atoms with Gasteiger partial charge in [0.2, 0.25) is 0 Å². The van der Waals surface area contributed by atoms with E-state index < -0.39 is 0 Å². The van der Waals surface area contributed by atoms with Crippen molar-refractivity contribution in [3.63, 3.8) is 0 Å². The summed E-state index contributed by atoms with van der Waals surface area (Å²) in [5.41, 5.74) is 13.4. The first-order chi connectivity index (χ1) is 19.9. The summed E-state index contributed by atoms with van der Waals surface area (Å²) in [6.07, 6.45) is 0. The van der Waals surface area contributed by atoms with Gasteiger partial charge in [-0.05, 0) is 86.9 Å². The van der Waals surface area contributed by atoms with Gasteiger partial charge in [0.1, 0.15) is 11.3 Å². The number of carbonyl (C=O) groups is 1. The molecule has 4 N–H and O–H groups in total. The van der Waals surface area contributed by atoms with Gasteiger partial charge in [0.05, 0.1) is 5.36 Å². The fourth-order valence-corrected chi connectivity index (χ4v) is 5.13. The van der Waals surface area contributed by atoms with E-state index in [9.17, 15) is 4.79 Å². The van der Waals surface area contributed by atoms with Gasteiger partial charge in [-0.25, -0.2) is 0 Å². The molecule has 1 aliphatic heterocycles. The number of rotatable bonds is 6. The Morgan fingerprint density at radius 1 is 0.878 bits per heavy atom. The molecule has 1 aliphatic carbocycles. The summed E-state index contributed by atoms with van der Waals surface area (Å²) >= 11 is 5.39. The van der Waals surface area contributed by atoms with Crippen molar-refractivity contribution >= 4 is 45.6 Å². The summed E-state index contributed by atoms with van der Waals surface area (Å²) in [6, 6.07) is 25.4. The van der Waals surface area contributed by atoms with Crippen molar-refractivity contribution in [1.29, 1.82) is 0 Å². The minimum Gasteiger partial charge on any atom is -0.456 e. The number of hydrazine groups is 1. The molecule has 8 heteroatoms. The van der Waals surface area contributed by atoms with Gasteiger partial charge in [0, 0.05) is 58.7 Å². The Labute approximate surface area is 245 Å². The van der Waals surface area contributed by atoms with E-state index in [-0.39, 0.29) is 11.0 Å². The lowest BCUT2D eigenvalue weighted by Gasteiger charge is -2.20. The summed E-state index contributed by atoms with van der Waals surface area (Å²) in [7, 11) is 0. The lowest BCUT2D eigenvalue weighted by molar-refractivity contribution is 0.0945. The standard InChI is InChI=1S/C33H33N5O2S/c1-5-34-27-18-29-25(16-20(27)3)31(26-17-21(4)28(35-6-2)19-30(26)40-29)23-14-10-11-15-24(23)32(39)37-38-33(41)36-22-12-8-7-9-13-22/h7-19,34H,5-6H2,1-4H3,(H,37,39)(H2,36,38,41). The van der Waals surface area contributed by atoms with Gasteiger partial charge in [0.15, 0.2) is 5.11 Å². The molecule has 208 valence electrons. The first-order valence-corrected chi connectivity index (χ1v) is 14.1. The second kappa shape index (κ2) is 12.2. The van der Waals surface area contributed by atoms with Crippen LogP contribution < -0.4 is 26.8 Å². The minimum atomic E-state index is -0.310. The summed E-state index contributed by atoms with van der Waals surface area (Å²) in [6.45, 7) is 9.67. The van der Waals surface area contributed by atoms with Crippen LogP contribution in [0.2, 0.25) is 0 Å². The summed E-state index contributed by atoms with van der Waals surface area (Å²) < 4.78 is 6.49. The number of hydrogen-bond donors (Lipinski definition) is 4. The third kappa shape index (κ3) is 5.93. The second-order valence-corrected chi connectivity index (χ2v) is 10.1. The molecule has 0 spiro atoms. The molecule has 3 aromatic carbocycles. The summed E-state index contributed by atoms with van der Waals surface area (Å²) in [5, 5.41) is 8.58. The predicted octanol–water partition coefficient (Wildman–Crippen LogP) is 6.81. The van der Waals surface area contributed by atoms with Crippen molar-refractivity contribution in [1.82, 2.24) is 10.9 Å². The van der Waals surface area contributed by atoms with Crippen molar-refractivity contribution in [2.24, 2.45) is 4.99 Å². The maximum Gasteiger partial charge on any atom is 0.270 e. The molecule has 0 aromatic heterocycles. The molecule has 0 radical (unpaired) electrons. The van der Waals surface area contributed by atoms with Crippen molar-refractivity contribution in [3.05, 3.63) is 101 Å². The van der Waals surface area contributed by atoms with E-state index in [1.54, 1.807) is 0 Å². The molecule has 0 unspecified atom stereocenters. The molecule has 0 bridgehead atoms. The first-order valence-electron chi connectivity index (χ1n) is 13.7. The molecule has 0 atom stereocenters. The van der Waals surface area contributed by atoms with Gasteiger partial charge in [-0.15, -0.1) is 0 Å². The van der Waals surface area contributed by atoms with Gasteiger partial charge < -0.3 is 15.1 Å². The Morgan fingerprint density at radius 2 is 1.63 bits per heavy atom. The zero-order valence-corrected chi connectivity index (χ0v) is 24.4. The number of nitrogens with zero attached hydrogens (tertiary/aromatic N) is 1. The summed E-state index contributed by atoms with van der Waals surface area (Å²) in [4.78, 5) is 18.2. The number of thiocarbonyl (C=S) groups is 1. The number of fused-ring (bicyclic) bond motifs is 2. The highest BCUT2D eigenvalue weighted by Gasteiger charge is 2.23. The number of nitrogens with one attached hydrogen (secondary N) is 4. The molecular weight excluding hydrogens is 530 g/mol. The SMILES string of the molecule is CCN=c1cc2oc3cc(NCC)c(C)cc3c(-c3ccccc3C(=O)NNC(=S)Nc3ccccc3)c-2cc1C. The Kier molecular flexibility index (Phi) is 8.31. The second-order valence-electron chi connectivity index (χ2n) is 9.72. The summed E-state index contributed by atoms with van der Waals surface area (Å²) in [5.74, 6) is 0.397. The van der Waals surface area contributed by atoms with Crippen LogP contribution in [-0.2, 0) is 0 Å². The van der Waals surface area contributed by atoms with E-state index in [1.807, 2.05) is 80.6 Å². The average molecular weight is 564 g/mol. The van der Waals surface area contributed by atoms with Crippen LogP contribution in [0.15, 0.2) is 88.3 Å². The van der Waals surface area contributed by atoms with Gasteiger partial charge in [0.25, 0.3) is 5.91 Å². The normalized spacial score (nSPS) is 11.5. The van der Waals surface area contributed by atoms with E-state index in [4.69, 9.17) is 16.6 Å². The highest BCUT2D eigenvalue weighted by Crippen LogP contribution is 2.42. The van der Waals surface area contributed by atoms with Crippen molar-refractivity contribution in [3.8, 4) is 22.5 Å². The quantitative estimate of drug-likeness (QED) is 0.103. The maximum absolute atomic E-state index is 13.6. The van der Waals surface area contributed by atoms with Crippen LogP contribution >= 0.6 is 12.2 Å². The number of anilines is 2. The average Bonchev–Trinajstić information content (AvgIpc) is 2.97. The Bertz CT molecular complexity index is 1780. The van der Waals surface area contributed by atoms with E-state index in [0.29, 0.717) is 17.9 Å². The molecule has 0 saturated carbocycles. The fraction of sp³-hybridized carbons (Fsp3) is 0.182. The number of para-hydroxylation sites is 1. The van der Waals surface area contributed by atoms with Crippen LogP contribution in [0.25, 0.3) is 33.4 Å². The maximum atomic E-state index is 13.6. The first kappa shape index (κ1) is 27.9. The molecule has 41 heavy (non-hydrogen) atoms. The van der Waals surface area contributed by atoms with Crippen LogP contribution in [0.1, 0.15) is 35.3 Å². The van der Waals surface area contributed by atoms with E-state index in [2.05, 4.69) is 52.5 Å². The molecular formula is C33H33N5O2S. The molecule has 0 saturated heterocycles. The van der Waals surface area contributed by atoms with Crippen molar-refractivity contribution < 1.29 is 9.21 Å². The monoisotopic (exact) mass is 563 g/mol. The van der Waals surface area contributed by atoms with Gasteiger partial charge >= 0.3 is 0 Å². The number of carbonyl (C=O) groups excluding carboxylic acids is 1. The molecule has 1 amide bonds. The Hall–Kier alpha value is -4.69. The predicted molar refractivity (Wildman–Crippen MR) is 171 cm³/mol. The molecule has 2 aliphatic rings. The molecule has 0 fully saturated rings. The van der Waals surface area contributed by atoms with E-state index >= 15 is 0 Å². The number of benzene rings is 4. The smallest absolute Gasteiger partial charge is 0.270 e. The zero-order chi connectivity index (χ0) is 28.9. The van der Waals surface area contributed by atoms with Gasteiger partial charge in [-0.3, -0.25) is 20.6 Å². The molecule has 3 aromatic rings. The largest absolute Gasteiger partial charge is 0.456 e. The third-order valence-corrected chi connectivity index (χ3v) is 7.05. The molecule has 5 rings (SSSR count). The van der Waals surface area contributed by atoms with Crippen LogP contribution in [0, 0.1) is 13.8 Å². The van der Waals surface area contributed by atoms with Crippen LogP contribution in [0.4, 0.5) is 11.4 Å². The van der Waals surface area contributed by atoms with Crippen molar-refractivity contribution in [2.45, 2.75) is 27.7 Å². The van der Waals surface area contributed by atoms with Crippen LogP contribution in [0.3, 0.4) is 0 Å². The molecule has 1 heterocycles. The van der Waals surface area contributed by atoms with Crippen LogP contribution in [-0.4, -0.2) is 24.1 Å². The zero-order valence-electron chi connectivity index (χ0n) is 23.6. The fourth-order valence-electron chi connectivity index (χ4n) is 4.96. The Morgan fingerprint density at radius 3 is 2.39 bits per heavy atom. The molecule has 7 nitrogen and oxygen atoms in total. The lowest BCUT2D eigenvalue weighted by atomic mass is 9.89. The lowest BCUT2D eigenvalue weighted by Crippen LogP contribution is -2.43. The minimum absolute atomic E-state index is 0.283. The van der Waals surface area contributed by atoms with E-state index in [0.717, 1.165) is 62.1 Å². The number of amides is 1. The van der Waals surface area contributed by atoms with Gasteiger partial charge in [-0.2, -0.15) is 0 Å². The highest BCUT2D eigenvalue weighted by atomic mass is 32.1.